The molecule has 0 fully saturated rings. The number of benzene rings is 1. The Balaban J connectivity index is 1.48. The Bertz CT molecular complexity index is 1190. The molecule has 0 atom stereocenters. The van der Waals surface area contributed by atoms with Crippen LogP contribution in [0, 0.1) is 13.8 Å². The fourth-order valence-electron chi connectivity index (χ4n) is 4.30. The number of aromatic nitrogens is 3. The van der Waals surface area contributed by atoms with Crippen molar-refractivity contribution >= 4 is 23.3 Å². The lowest BCUT2D eigenvalue weighted by molar-refractivity contribution is -0.121. The van der Waals surface area contributed by atoms with E-state index in [4.69, 9.17) is 4.74 Å². The first-order valence-corrected chi connectivity index (χ1v) is 12.5. The van der Waals surface area contributed by atoms with Crippen molar-refractivity contribution in [2.45, 2.75) is 46.1 Å². The molecule has 0 bridgehead atoms. The van der Waals surface area contributed by atoms with Gasteiger partial charge >= 0.3 is 0 Å². The number of aryl methyl sites for hydroxylation is 2. The molecule has 4 rings (SSSR count). The van der Waals surface area contributed by atoms with Gasteiger partial charge in [-0.1, -0.05) is 25.0 Å². The first-order chi connectivity index (χ1) is 17.5. The van der Waals surface area contributed by atoms with E-state index in [9.17, 15) is 9.59 Å². The monoisotopic (exact) mass is 490 g/mol. The molecule has 2 N–H and O–H groups in total. The van der Waals surface area contributed by atoms with E-state index >= 15 is 0 Å². The van der Waals surface area contributed by atoms with Crippen molar-refractivity contribution in [3.63, 3.8) is 0 Å². The van der Waals surface area contributed by atoms with E-state index in [1.807, 2.05) is 48.9 Å². The lowest BCUT2D eigenvalue weighted by Crippen LogP contribution is -2.42. The van der Waals surface area contributed by atoms with Crippen LogP contribution < -0.4 is 15.4 Å². The highest BCUT2D eigenvalue weighted by Gasteiger charge is 2.22. The minimum atomic E-state index is -0.227. The molecule has 2 aromatic heterocycles. The molecule has 0 unspecified atom stereocenters. The van der Waals surface area contributed by atoms with E-state index in [-0.39, 0.29) is 18.4 Å². The van der Waals surface area contributed by atoms with Gasteiger partial charge in [0.1, 0.15) is 11.6 Å². The highest BCUT2D eigenvalue weighted by atomic mass is 16.5. The van der Waals surface area contributed by atoms with E-state index in [1.54, 1.807) is 23.2 Å². The summed E-state index contributed by atoms with van der Waals surface area (Å²) in [5.41, 5.74) is 3.16. The molecular weight excluding hydrogens is 456 g/mol. The van der Waals surface area contributed by atoms with Gasteiger partial charge in [-0.05, 0) is 57.0 Å². The van der Waals surface area contributed by atoms with Crippen molar-refractivity contribution in [1.29, 1.82) is 0 Å². The van der Waals surface area contributed by atoms with Gasteiger partial charge < -0.3 is 20.3 Å². The van der Waals surface area contributed by atoms with Crippen LogP contribution in [0.1, 0.15) is 47.4 Å². The number of fused-ring (bicyclic) bond motifs is 2. The number of carbonyl (C=O) groups is 2. The van der Waals surface area contributed by atoms with Crippen LogP contribution in [-0.4, -0.2) is 57.7 Å². The summed E-state index contributed by atoms with van der Waals surface area (Å²) in [5, 5.41) is 10.6. The smallest absolute Gasteiger partial charge is 0.258 e. The molecule has 190 valence electrons. The largest absolute Gasteiger partial charge is 0.491 e. The number of pyridine rings is 1. The maximum atomic E-state index is 13.6. The molecule has 1 aliphatic heterocycles. The number of nitrogens with one attached hydrogen (secondary N) is 2. The second-order valence-corrected chi connectivity index (χ2v) is 9.01. The minimum absolute atomic E-state index is 0.00994. The van der Waals surface area contributed by atoms with E-state index in [0.29, 0.717) is 37.6 Å². The van der Waals surface area contributed by atoms with E-state index in [1.165, 1.54) is 0 Å². The molecular formula is C27H34N6O3. The van der Waals surface area contributed by atoms with Crippen molar-refractivity contribution < 1.29 is 14.3 Å². The zero-order chi connectivity index (χ0) is 25.3. The third-order valence-electron chi connectivity index (χ3n) is 6.13. The zero-order valence-corrected chi connectivity index (χ0v) is 21.0. The third-order valence-corrected chi connectivity index (χ3v) is 6.13. The number of hydrogen-bond acceptors (Lipinski definition) is 6. The summed E-state index contributed by atoms with van der Waals surface area (Å²) in [4.78, 5) is 32.5. The second kappa shape index (κ2) is 12.2. The molecule has 0 aliphatic carbocycles. The number of para-hydroxylation sites is 2. The molecule has 1 aromatic carbocycles. The van der Waals surface area contributed by atoms with Crippen molar-refractivity contribution in [2.75, 3.05) is 31.6 Å². The third kappa shape index (κ3) is 6.62. The van der Waals surface area contributed by atoms with Gasteiger partial charge in [-0.2, -0.15) is 5.10 Å². The van der Waals surface area contributed by atoms with Crippen molar-refractivity contribution in [3.8, 4) is 5.75 Å². The molecule has 2 amide bonds. The number of rotatable bonds is 5. The SMILES string of the molecule is Cc1cc(C)n(CCNC(=O)CN2CCCCCCOc3ccccc3Nc3ncccc3C2=O)n1. The Morgan fingerprint density at radius 1 is 1.11 bits per heavy atom. The molecule has 36 heavy (non-hydrogen) atoms. The molecule has 0 saturated carbocycles. The van der Waals surface area contributed by atoms with Crippen molar-refractivity contribution in [1.82, 2.24) is 25.0 Å². The van der Waals surface area contributed by atoms with Gasteiger partial charge in [0.05, 0.1) is 36.6 Å². The highest BCUT2D eigenvalue weighted by molar-refractivity contribution is 6.01. The molecule has 0 radical (unpaired) electrons. The van der Waals surface area contributed by atoms with Crippen LogP contribution in [0.3, 0.4) is 0 Å². The number of nitrogens with zero attached hydrogens (tertiary/aromatic N) is 4. The van der Waals surface area contributed by atoms with Gasteiger partial charge in [-0.25, -0.2) is 4.98 Å². The van der Waals surface area contributed by atoms with Gasteiger partial charge in [0.15, 0.2) is 0 Å². The molecule has 3 aromatic rings. The molecule has 9 nitrogen and oxygen atoms in total. The van der Waals surface area contributed by atoms with Gasteiger partial charge in [0.2, 0.25) is 5.91 Å². The molecule has 3 heterocycles. The predicted octanol–water partition coefficient (Wildman–Crippen LogP) is 3.85. The van der Waals surface area contributed by atoms with Crippen LogP contribution in [0.2, 0.25) is 0 Å². The molecule has 0 saturated heterocycles. The van der Waals surface area contributed by atoms with Crippen molar-refractivity contribution in [3.05, 3.63) is 65.6 Å². The first-order valence-electron chi connectivity index (χ1n) is 12.5. The predicted molar refractivity (Wildman–Crippen MR) is 139 cm³/mol. The summed E-state index contributed by atoms with van der Waals surface area (Å²) in [5.74, 6) is 0.737. The summed E-state index contributed by atoms with van der Waals surface area (Å²) in [6.07, 6.45) is 5.31. The minimum Gasteiger partial charge on any atom is -0.491 e. The Morgan fingerprint density at radius 3 is 2.78 bits per heavy atom. The first kappa shape index (κ1) is 25.2. The Labute approximate surface area is 211 Å². The van der Waals surface area contributed by atoms with E-state index < -0.39 is 0 Å². The van der Waals surface area contributed by atoms with Crippen LogP contribution in [0.4, 0.5) is 11.5 Å². The normalized spacial score (nSPS) is 14.6. The Morgan fingerprint density at radius 2 is 1.94 bits per heavy atom. The van der Waals surface area contributed by atoms with Gasteiger partial charge in [0.25, 0.3) is 5.91 Å². The number of ether oxygens (including phenoxy) is 1. The fraction of sp³-hybridized carbons (Fsp3) is 0.407. The number of hydrogen-bond donors (Lipinski definition) is 2. The van der Waals surface area contributed by atoms with Gasteiger partial charge in [-0.3, -0.25) is 14.3 Å². The summed E-state index contributed by atoms with van der Waals surface area (Å²) >= 11 is 0. The molecule has 1 aliphatic rings. The highest BCUT2D eigenvalue weighted by Crippen LogP contribution is 2.29. The maximum absolute atomic E-state index is 13.6. The maximum Gasteiger partial charge on any atom is 0.258 e. The standard InChI is InChI=1S/C27H34N6O3/c1-20-18-21(2)33(31-20)16-14-28-25(34)19-32-15-7-3-4-8-17-36-24-12-6-5-11-23(24)30-26-22(27(32)35)10-9-13-29-26/h5-6,9-13,18H,3-4,7-8,14-17,19H2,1-2H3,(H,28,34)(H,29,30). The van der Waals surface area contributed by atoms with Crippen LogP contribution >= 0.6 is 0 Å². The van der Waals surface area contributed by atoms with Gasteiger partial charge in [-0.15, -0.1) is 0 Å². The van der Waals surface area contributed by atoms with E-state index in [0.717, 1.165) is 48.5 Å². The lowest BCUT2D eigenvalue weighted by Gasteiger charge is -2.24. The number of carbonyl (C=O) groups excluding carboxylic acids is 2. The topological polar surface area (TPSA) is 101 Å². The average Bonchev–Trinajstić information content (AvgIpc) is 3.19. The Kier molecular flexibility index (Phi) is 8.54. The summed E-state index contributed by atoms with van der Waals surface area (Å²) in [6.45, 7) is 6.07. The molecule has 9 heteroatoms. The van der Waals surface area contributed by atoms with Crippen LogP contribution in [0.15, 0.2) is 48.7 Å². The summed E-state index contributed by atoms with van der Waals surface area (Å²) in [7, 11) is 0. The number of anilines is 2. The second-order valence-electron chi connectivity index (χ2n) is 9.01. The zero-order valence-electron chi connectivity index (χ0n) is 21.0. The number of amides is 2. The quantitative estimate of drug-likeness (QED) is 0.563. The molecule has 0 spiro atoms. The average molecular weight is 491 g/mol. The van der Waals surface area contributed by atoms with Gasteiger partial charge in [0, 0.05) is 25.0 Å². The Hall–Kier alpha value is -3.88. The van der Waals surface area contributed by atoms with Crippen molar-refractivity contribution in [2.24, 2.45) is 0 Å². The lowest BCUT2D eigenvalue weighted by atomic mass is 10.1. The van der Waals surface area contributed by atoms with E-state index in [2.05, 4.69) is 20.7 Å². The summed E-state index contributed by atoms with van der Waals surface area (Å²) in [6, 6.07) is 13.1. The van der Waals surface area contributed by atoms with Crippen LogP contribution in [-0.2, 0) is 11.3 Å². The van der Waals surface area contributed by atoms with Crippen LogP contribution in [0.25, 0.3) is 0 Å². The summed E-state index contributed by atoms with van der Waals surface area (Å²) < 4.78 is 7.85. The van der Waals surface area contributed by atoms with Crippen LogP contribution in [0.5, 0.6) is 5.75 Å². The fourth-order valence-corrected chi connectivity index (χ4v) is 4.30.